The molecule has 0 bridgehead atoms. The van der Waals surface area contributed by atoms with Crippen LogP contribution in [0.4, 0.5) is 0 Å². The Morgan fingerprint density at radius 2 is 2.09 bits per heavy atom. The highest BCUT2D eigenvalue weighted by Crippen LogP contribution is 2.51. The second-order valence-corrected chi connectivity index (χ2v) is 9.13. The molecule has 2 N–H and O–H groups in total. The summed E-state index contributed by atoms with van der Waals surface area (Å²) in [6.45, 7) is 3.32. The van der Waals surface area contributed by atoms with Gasteiger partial charge in [-0.3, -0.25) is 23.8 Å². The van der Waals surface area contributed by atoms with Gasteiger partial charge in [0, 0.05) is 35.6 Å². The van der Waals surface area contributed by atoms with Gasteiger partial charge in [0.15, 0.2) is 12.1 Å². The molecule has 11 heteroatoms. The second-order valence-electron chi connectivity index (χ2n) is 8.10. The lowest BCUT2D eigenvalue weighted by molar-refractivity contribution is -0.163. The fourth-order valence-corrected chi connectivity index (χ4v) is 6.03. The van der Waals surface area contributed by atoms with E-state index < -0.39 is 35.7 Å². The molecule has 1 saturated heterocycles. The van der Waals surface area contributed by atoms with Gasteiger partial charge in [0.05, 0.1) is 22.9 Å². The number of aliphatic hydroxyl groups is 1. The van der Waals surface area contributed by atoms with Crippen LogP contribution in [0.3, 0.4) is 0 Å². The Labute approximate surface area is 190 Å². The average Bonchev–Trinajstić information content (AvgIpc) is 3.42. The van der Waals surface area contributed by atoms with Gasteiger partial charge in [0.1, 0.15) is 16.2 Å². The number of thiazole rings is 1. The molecule has 2 aliphatic rings. The Balaban J connectivity index is 1.66. The van der Waals surface area contributed by atoms with Crippen molar-refractivity contribution in [3.8, 4) is 0 Å². The Morgan fingerprint density at radius 3 is 2.70 bits per heavy atom. The molecule has 0 aromatic carbocycles. The number of hydrogen-bond acceptors (Lipinski definition) is 8. The van der Waals surface area contributed by atoms with Crippen molar-refractivity contribution in [1.29, 1.82) is 0 Å². The van der Waals surface area contributed by atoms with Gasteiger partial charge in [-0.15, -0.1) is 11.3 Å². The molecule has 0 saturated carbocycles. The smallest absolute Gasteiger partial charge is 0.352 e. The van der Waals surface area contributed by atoms with Crippen LogP contribution >= 0.6 is 11.3 Å². The van der Waals surface area contributed by atoms with Gasteiger partial charge in [-0.05, 0) is 19.1 Å². The van der Waals surface area contributed by atoms with Crippen molar-refractivity contribution >= 4 is 45.7 Å². The van der Waals surface area contributed by atoms with E-state index in [-0.39, 0.29) is 23.1 Å². The van der Waals surface area contributed by atoms with E-state index in [4.69, 9.17) is 0 Å². The summed E-state index contributed by atoms with van der Waals surface area (Å²) in [7, 11) is 0. The molecule has 168 valence electrons. The third-order valence-electron chi connectivity index (χ3n) is 6.23. The minimum Gasteiger partial charge on any atom is -0.477 e. The monoisotopic (exact) mass is 466 g/mol. The first kappa shape index (κ1) is 21.2. The Kier molecular flexibility index (Phi) is 4.76. The van der Waals surface area contributed by atoms with Crippen LogP contribution in [0.2, 0.25) is 0 Å². The number of ketones is 1. The third-order valence-corrected chi connectivity index (χ3v) is 7.36. The molecule has 3 aromatic heterocycles. The van der Waals surface area contributed by atoms with Crippen LogP contribution in [0.5, 0.6) is 0 Å². The molecular formula is C22H18N4O6S. The van der Waals surface area contributed by atoms with Crippen LogP contribution in [-0.4, -0.2) is 65.6 Å². The minimum atomic E-state index is -1.25. The van der Waals surface area contributed by atoms with Crippen LogP contribution in [0, 0.1) is 11.8 Å². The van der Waals surface area contributed by atoms with E-state index >= 15 is 0 Å². The first-order valence-corrected chi connectivity index (χ1v) is 11.0. The first-order valence-electron chi connectivity index (χ1n) is 10.2. The SMILES string of the molecule is C[C@@H](O)[C@H]1C(=O)N2C(C(=O)O)=C(c3cn4c(C=O)nc(C(=O)c5cccnc5)c4s3)[C@H](C)[C@H]12. The van der Waals surface area contributed by atoms with Crippen molar-refractivity contribution in [2.45, 2.75) is 26.0 Å². The molecule has 0 radical (unpaired) electrons. The quantitative estimate of drug-likeness (QED) is 0.316. The van der Waals surface area contributed by atoms with Gasteiger partial charge in [-0.1, -0.05) is 6.92 Å². The summed E-state index contributed by atoms with van der Waals surface area (Å²) in [5.74, 6) is -3.16. The third kappa shape index (κ3) is 2.89. The number of fused-ring (bicyclic) bond motifs is 2. The van der Waals surface area contributed by atoms with E-state index in [1.165, 1.54) is 28.6 Å². The van der Waals surface area contributed by atoms with E-state index in [1.54, 1.807) is 25.3 Å². The van der Waals surface area contributed by atoms with Crippen molar-refractivity contribution in [2.75, 3.05) is 0 Å². The van der Waals surface area contributed by atoms with Gasteiger partial charge >= 0.3 is 5.97 Å². The predicted octanol–water partition coefficient (Wildman–Crippen LogP) is 1.49. The maximum absolute atomic E-state index is 13.0. The van der Waals surface area contributed by atoms with Crippen LogP contribution in [0.25, 0.3) is 10.4 Å². The summed E-state index contributed by atoms with van der Waals surface area (Å²) in [6, 6.07) is 2.73. The number of aliphatic hydroxyl groups excluding tert-OH is 1. The van der Waals surface area contributed by atoms with Crippen molar-refractivity contribution < 1.29 is 29.4 Å². The zero-order valence-electron chi connectivity index (χ0n) is 17.5. The number of imidazole rings is 1. The van der Waals surface area contributed by atoms with E-state index in [9.17, 15) is 29.4 Å². The molecule has 5 heterocycles. The Hall–Kier alpha value is -3.70. The minimum absolute atomic E-state index is 0.00377. The van der Waals surface area contributed by atoms with Crippen molar-refractivity contribution in [2.24, 2.45) is 11.8 Å². The Morgan fingerprint density at radius 1 is 1.33 bits per heavy atom. The zero-order chi connectivity index (χ0) is 23.6. The lowest BCUT2D eigenvalue weighted by Gasteiger charge is -2.46. The van der Waals surface area contributed by atoms with Crippen LogP contribution in [-0.2, 0) is 9.59 Å². The summed E-state index contributed by atoms with van der Waals surface area (Å²) >= 11 is 1.13. The maximum Gasteiger partial charge on any atom is 0.352 e. The van der Waals surface area contributed by atoms with Gasteiger partial charge in [-0.2, -0.15) is 0 Å². The lowest BCUT2D eigenvalue weighted by atomic mass is 9.77. The molecule has 10 nitrogen and oxygen atoms in total. The van der Waals surface area contributed by atoms with Crippen LogP contribution < -0.4 is 0 Å². The van der Waals surface area contributed by atoms with Gasteiger partial charge < -0.3 is 15.1 Å². The molecule has 1 amide bonds. The van der Waals surface area contributed by atoms with Crippen molar-refractivity contribution in [1.82, 2.24) is 19.3 Å². The second kappa shape index (κ2) is 7.42. The molecule has 33 heavy (non-hydrogen) atoms. The number of aldehydes is 1. The van der Waals surface area contributed by atoms with Crippen LogP contribution in [0.15, 0.2) is 36.4 Å². The number of β-lactam (4-membered cyclic amide) rings is 1. The normalized spacial score (nSPS) is 22.9. The summed E-state index contributed by atoms with van der Waals surface area (Å²) in [6.07, 6.45) is 4.11. The number of pyridine rings is 1. The summed E-state index contributed by atoms with van der Waals surface area (Å²) in [5, 5.41) is 19.9. The van der Waals surface area contributed by atoms with E-state index in [1.807, 2.05) is 0 Å². The molecular weight excluding hydrogens is 448 g/mol. The highest BCUT2D eigenvalue weighted by Gasteiger charge is 2.60. The van der Waals surface area contributed by atoms with E-state index in [2.05, 4.69) is 9.97 Å². The number of rotatable bonds is 6. The zero-order valence-corrected chi connectivity index (χ0v) is 18.3. The van der Waals surface area contributed by atoms with Crippen molar-refractivity contribution in [3.05, 3.63) is 58.4 Å². The number of aliphatic carboxylic acids is 1. The molecule has 1 fully saturated rings. The summed E-state index contributed by atoms with van der Waals surface area (Å²) in [4.78, 5) is 59.6. The number of carboxylic acid groups (broad SMARTS) is 1. The maximum atomic E-state index is 13.0. The molecule has 3 aromatic rings. The molecule has 5 rings (SSSR count). The largest absolute Gasteiger partial charge is 0.477 e. The molecule has 0 spiro atoms. The molecule has 0 aliphatic carbocycles. The standard InChI is InChI=1S/C22H18N4O6S/c1-9-14(18(22(31)32)26-17(9)15(10(2)28)20(26)30)12-7-25-13(8-27)24-16(21(25)33-12)19(29)11-4-3-5-23-6-11/h3-10,15,17,28H,1-2H3,(H,31,32)/t9-,10+,15+,17+/m0/s1. The number of carbonyl (C=O) groups excluding carboxylic acids is 3. The fourth-order valence-electron chi connectivity index (χ4n) is 4.79. The molecule has 0 unspecified atom stereocenters. The van der Waals surface area contributed by atoms with Gasteiger partial charge in [-0.25, -0.2) is 9.78 Å². The number of hydrogen-bond donors (Lipinski definition) is 2. The first-order chi connectivity index (χ1) is 15.8. The van der Waals surface area contributed by atoms with E-state index in [0.29, 0.717) is 27.1 Å². The summed E-state index contributed by atoms with van der Waals surface area (Å²) in [5.41, 5.74) is 0.652. The van der Waals surface area contributed by atoms with E-state index in [0.717, 1.165) is 11.3 Å². The Bertz CT molecular complexity index is 1370. The predicted molar refractivity (Wildman–Crippen MR) is 116 cm³/mol. The van der Waals surface area contributed by atoms with Gasteiger partial charge in [0.2, 0.25) is 11.7 Å². The summed E-state index contributed by atoms with van der Waals surface area (Å²) < 4.78 is 1.46. The van der Waals surface area contributed by atoms with Crippen LogP contribution in [0.1, 0.15) is 45.4 Å². The number of aromatic nitrogens is 3. The average molecular weight is 466 g/mol. The number of amides is 1. The fraction of sp³-hybridized carbons (Fsp3) is 0.273. The number of carbonyl (C=O) groups is 4. The van der Waals surface area contributed by atoms with Crippen molar-refractivity contribution in [3.63, 3.8) is 0 Å². The molecule has 2 aliphatic heterocycles. The molecule has 4 atom stereocenters. The number of carboxylic acids is 1. The number of nitrogens with zero attached hydrogens (tertiary/aromatic N) is 4. The van der Waals surface area contributed by atoms with Gasteiger partial charge in [0.25, 0.3) is 0 Å². The lowest BCUT2D eigenvalue weighted by Crippen LogP contribution is -2.63. The highest BCUT2D eigenvalue weighted by atomic mass is 32.1. The highest BCUT2D eigenvalue weighted by molar-refractivity contribution is 7.18. The topological polar surface area (TPSA) is 142 Å².